The zero-order valence-electron chi connectivity index (χ0n) is 21.5. The largest absolute Gasteiger partial charge is 0.470 e. The molecule has 0 spiro atoms. The number of rotatable bonds is 11. The Labute approximate surface area is 226 Å². The number of amides is 1. The molecular formula is C31H30N4O4. The van der Waals surface area contributed by atoms with E-state index >= 15 is 0 Å². The lowest BCUT2D eigenvalue weighted by molar-refractivity contribution is 0.147. The molecule has 5 rings (SSSR count). The van der Waals surface area contributed by atoms with Gasteiger partial charge >= 0.3 is 6.09 Å². The van der Waals surface area contributed by atoms with Gasteiger partial charge in [-0.3, -0.25) is 9.69 Å². The normalized spacial score (nSPS) is 10.9. The number of nitrogens with one attached hydrogen (secondary N) is 2. The number of fused-ring (bicyclic) bond motifs is 1. The molecule has 0 aliphatic rings. The van der Waals surface area contributed by atoms with Gasteiger partial charge in [-0.1, -0.05) is 60.7 Å². The Morgan fingerprint density at radius 3 is 2.56 bits per heavy atom. The standard InChI is InChI=1S/C31H30N4O4/c36-30-28-15-6-5-14-27(28)29(33-34-30)24-12-9-13-25(20-24)32-17-7-2-8-18-35(26-16-19-38-22-26)31(37)39-21-23-10-3-1-4-11-23/h1,3-6,9-16,19-20,22,32H,2,7-8,17-18,21H2,(H,34,36). The van der Waals surface area contributed by atoms with E-state index in [-0.39, 0.29) is 12.2 Å². The molecule has 5 aromatic rings. The zero-order chi connectivity index (χ0) is 26.9. The van der Waals surface area contributed by atoms with E-state index in [4.69, 9.17) is 9.15 Å². The van der Waals surface area contributed by atoms with Gasteiger partial charge in [0.25, 0.3) is 5.56 Å². The molecule has 2 heterocycles. The fraction of sp³-hybridized carbons (Fsp3) is 0.194. The molecule has 0 aliphatic carbocycles. The Morgan fingerprint density at radius 2 is 1.74 bits per heavy atom. The molecule has 2 N–H and O–H groups in total. The summed E-state index contributed by atoms with van der Waals surface area (Å²) in [4.78, 5) is 26.5. The van der Waals surface area contributed by atoms with Gasteiger partial charge in [0.2, 0.25) is 0 Å². The second-order valence-electron chi connectivity index (χ2n) is 9.19. The van der Waals surface area contributed by atoms with Crippen molar-refractivity contribution in [2.45, 2.75) is 25.9 Å². The van der Waals surface area contributed by atoms with E-state index in [0.29, 0.717) is 17.6 Å². The summed E-state index contributed by atoms with van der Waals surface area (Å²) in [6.07, 6.45) is 5.40. The molecule has 3 aromatic carbocycles. The molecule has 1 amide bonds. The van der Waals surface area contributed by atoms with Gasteiger partial charge in [-0.05, 0) is 43.0 Å². The number of carbonyl (C=O) groups is 1. The molecule has 39 heavy (non-hydrogen) atoms. The number of anilines is 2. The van der Waals surface area contributed by atoms with Crippen molar-refractivity contribution in [1.82, 2.24) is 10.2 Å². The minimum absolute atomic E-state index is 0.195. The number of unbranched alkanes of at least 4 members (excludes halogenated alkanes) is 2. The number of hydrogen-bond donors (Lipinski definition) is 2. The number of H-pyrrole nitrogens is 1. The van der Waals surface area contributed by atoms with Crippen LogP contribution < -0.4 is 15.8 Å². The fourth-order valence-electron chi connectivity index (χ4n) is 4.45. The highest BCUT2D eigenvalue weighted by Gasteiger charge is 2.18. The minimum Gasteiger partial charge on any atom is -0.470 e. The second-order valence-corrected chi connectivity index (χ2v) is 9.19. The summed E-state index contributed by atoms with van der Waals surface area (Å²) in [6.45, 7) is 1.54. The zero-order valence-corrected chi connectivity index (χ0v) is 21.5. The lowest BCUT2D eigenvalue weighted by Gasteiger charge is -2.20. The molecule has 0 fully saturated rings. The highest BCUT2D eigenvalue weighted by molar-refractivity contribution is 5.94. The third-order valence-electron chi connectivity index (χ3n) is 6.46. The monoisotopic (exact) mass is 522 g/mol. The van der Waals surface area contributed by atoms with Crippen LogP contribution in [0.3, 0.4) is 0 Å². The Hall–Kier alpha value is -4.85. The molecule has 0 saturated heterocycles. The Balaban J connectivity index is 1.12. The lowest BCUT2D eigenvalue weighted by Crippen LogP contribution is -2.32. The maximum Gasteiger partial charge on any atom is 0.414 e. The van der Waals surface area contributed by atoms with E-state index in [1.807, 2.05) is 72.8 Å². The van der Waals surface area contributed by atoms with E-state index in [9.17, 15) is 9.59 Å². The topological polar surface area (TPSA) is 100 Å². The van der Waals surface area contributed by atoms with Gasteiger partial charge in [0.15, 0.2) is 0 Å². The number of furan rings is 1. The van der Waals surface area contributed by atoms with E-state index in [0.717, 1.165) is 53.7 Å². The number of carbonyl (C=O) groups excluding carboxylic acids is 1. The summed E-state index contributed by atoms with van der Waals surface area (Å²) in [5, 5.41) is 11.8. The average molecular weight is 523 g/mol. The summed E-state index contributed by atoms with van der Waals surface area (Å²) in [7, 11) is 0. The van der Waals surface area contributed by atoms with Crippen LogP contribution in [0.2, 0.25) is 0 Å². The predicted molar refractivity (Wildman–Crippen MR) is 153 cm³/mol. The maximum absolute atomic E-state index is 12.8. The first-order valence-corrected chi connectivity index (χ1v) is 13.0. The van der Waals surface area contributed by atoms with Crippen LogP contribution in [0.15, 0.2) is 107 Å². The number of aromatic nitrogens is 2. The molecule has 8 heteroatoms. The van der Waals surface area contributed by atoms with Crippen molar-refractivity contribution < 1.29 is 13.9 Å². The third-order valence-corrected chi connectivity index (χ3v) is 6.46. The van der Waals surface area contributed by atoms with Gasteiger partial charge in [-0.2, -0.15) is 5.10 Å². The highest BCUT2D eigenvalue weighted by Crippen LogP contribution is 2.26. The summed E-state index contributed by atoms with van der Waals surface area (Å²) >= 11 is 0. The van der Waals surface area contributed by atoms with Crippen LogP contribution in [-0.4, -0.2) is 29.4 Å². The minimum atomic E-state index is -0.390. The van der Waals surface area contributed by atoms with Crippen LogP contribution >= 0.6 is 0 Å². The predicted octanol–water partition coefficient (Wildman–Crippen LogP) is 6.61. The molecule has 0 unspecified atom stereocenters. The molecule has 0 aliphatic heterocycles. The van der Waals surface area contributed by atoms with E-state index in [2.05, 4.69) is 15.5 Å². The summed E-state index contributed by atoms with van der Waals surface area (Å²) in [5.74, 6) is 0. The number of aromatic amines is 1. The second kappa shape index (κ2) is 12.6. The first-order valence-electron chi connectivity index (χ1n) is 13.0. The number of hydrogen-bond acceptors (Lipinski definition) is 6. The molecule has 0 radical (unpaired) electrons. The van der Waals surface area contributed by atoms with Crippen LogP contribution in [0.25, 0.3) is 22.0 Å². The lowest BCUT2D eigenvalue weighted by atomic mass is 10.0. The van der Waals surface area contributed by atoms with E-state index in [1.165, 1.54) is 0 Å². The first kappa shape index (κ1) is 25.8. The first-order chi connectivity index (χ1) is 19.2. The Bertz CT molecular complexity index is 1560. The smallest absolute Gasteiger partial charge is 0.414 e. The molecular weight excluding hydrogens is 492 g/mol. The van der Waals surface area contributed by atoms with Gasteiger partial charge in [0, 0.05) is 35.8 Å². The number of benzene rings is 3. The summed E-state index contributed by atoms with van der Waals surface area (Å²) in [6, 6.07) is 26.9. The average Bonchev–Trinajstić information content (AvgIpc) is 3.51. The van der Waals surface area contributed by atoms with E-state index < -0.39 is 6.09 Å². The summed E-state index contributed by atoms with van der Waals surface area (Å²) < 4.78 is 10.7. The molecule has 0 atom stereocenters. The maximum atomic E-state index is 12.8. The van der Waals surface area contributed by atoms with Crippen molar-refractivity contribution in [3.63, 3.8) is 0 Å². The number of ether oxygens (including phenoxy) is 1. The van der Waals surface area contributed by atoms with Crippen LogP contribution in [0.1, 0.15) is 24.8 Å². The van der Waals surface area contributed by atoms with Crippen LogP contribution in [0.4, 0.5) is 16.2 Å². The molecule has 0 bridgehead atoms. The Kier molecular flexibility index (Phi) is 8.33. The fourth-order valence-corrected chi connectivity index (χ4v) is 4.45. The quantitative estimate of drug-likeness (QED) is 0.189. The number of nitrogens with zero attached hydrogens (tertiary/aromatic N) is 2. The van der Waals surface area contributed by atoms with Crippen molar-refractivity contribution in [3.8, 4) is 11.3 Å². The molecule has 198 valence electrons. The molecule has 0 saturated carbocycles. The van der Waals surface area contributed by atoms with Crippen molar-refractivity contribution >= 4 is 28.2 Å². The van der Waals surface area contributed by atoms with Crippen LogP contribution in [0, 0.1) is 0 Å². The van der Waals surface area contributed by atoms with Gasteiger partial charge in [0.05, 0.1) is 23.0 Å². The van der Waals surface area contributed by atoms with Crippen molar-refractivity contribution in [3.05, 3.63) is 113 Å². The SMILES string of the molecule is O=C(OCc1ccccc1)N(CCCCCNc1cccc(-c2n[nH]c(=O)c3ccccc23)c1)c1ccoc1. The van der Waals surface area contributed by atoms with Crippen LogP contribution in [-0.2, 0) is 11.3 Å². The third kappa shape index (κ3) is 6.54. The van der Waals surface area contributed by atoms with Crippen molar-refractivity contribution in [2.24, 2.45) is 0 Å². The summed E-state index contributed by atoms with van der Waals surface area (Å²) in [5.41, 5.74) is 4.09. The van der Waals surface area contributed by atoms with Crippen molar-refractivity contribution in [1.29, 1.82) is 0 Å². The van der Waals surface area contributed by atoms with Crippen LogP contribution in [0.5, 0.6) is 0 Å². The van der Waals surface area contributed by atoms with E-state index in [1.54, 1.807) is 29.6 Å². The highest BCUT2D eigenvalue weighted by atomic mass is 16.6. The molecule has 8 nitrogen and oxygen atoms in total. The van der Waals surface area contributed by atoms with Gasteiger partial charge in [0.1, 0.15) is 12.9 Å². The molecule has 2 aromatic heterocycles. The van der Waals surface area contributed by atoms with Gasteiger partial charge in [-0.15, -0.1) is 0 Å². The van der Waals surface area contributed by atoms with Gasteiger partial charge in [-0.25, -0.2) is 9.89 Å². The van der Waals surface area contributed by atoms with Crippen molar-refractivity contribution in [2.75, 3.05) is 23.3 Å². The Morgan fingerprint density at radius 1 is 0.923 bits per heavy atom. The van der Waals surface area contributed by atoms with Gasteiger partial charge < -0.3 is 14.5 Å².